The summed E-state index contributed by atoms with van der Waals surface area (Å²) in [5.74, 6) is -0.550. The van der Waals surface area contributed by atoms with Crippen molar-refractivity contribution in [2.75, 3.05) is 18.9 Å². The van der Waals surface area contributed by atoms with Crippen LogP contribution in [0.1, 0.15) is 24.3 Å². The fraction of sp³-hybridized carbons (Fsp3) is 0.312. The van der Waals surface area contributed by atoms with Gasteiger partial charge in [-0.1, -0.05) is 29.3 Å². The lowest BCUT2D eigenvalue weighted by Crippen LogP contribution is -2.40. The van der Waals surface area contributed by atoms with Crippen molar-refractivity contribution in [3.8, 4) is 0 Å². The van der Waals surface area contributed by atoms with Crippen molar-refractivity contribution >= 4 is 57.2 Å². The number of amides is 2. The highest BCUT2D eigenvalue weighted by molar-refractivity contribution is 7.14. The molecule has 134 valence electrons. The van der Waals surface area contributed by atoms with Gasteiger partial charge >= 0.3 is 0 Å². The van der Waals surface area contributed by atoms with Crippen molar-refractivity contribution in [3.05, 3.63) is 39.3 Å². The molecular weight excluding hydrogens is 383 g/mol. The Morgan fingerprint density at radius 1 is 1.32 bits per heavy atom. The van der Waals surface area contributed by atoms with E-state index in [0.717, 1.165) is 0 Å². The van der Waals surface area contributed by atoms with Gasteiger partial charge in [0.25, 0.3) is 5.91 Å². The third-order valence-electron chi connectivity index (χ3n) is 3.09. The molecule has 2 N–H and O–H groups in total. The van der Waals surface area contributed by atoms with E-state index in [1.54, 1.807) is 30.6 Å². The number of halogens is 2. The highest BCUT2D eigenvalue weighted by atomic mass is 35.5. The van der Waals surface area contributed by atoms with E-state index in [9.17, 15) is 9.59 Å². The molecule has 0 atom stereocenters. The Labute approximate surface area is 160 Å². The van der Waals surface area contributed by atoms with Crippen LogP contribution in [-0.4, -0.2) is 41.3 Å². The first kappa shape index (κ1) is 19.5. The third-order valence-corrected chi connectivity index (χ3v) is 4.67. The lowest BCUT2D eigenvalue weighted by Gasteiger charge is -2.16. The maximum Gasteiger partial charge on any atom is 0.273 e. The largest absolute Gasteiger partial charge is 0.352 e. The Bertz CT molecular complexity index is 779. The van der Waals surface area contributed by atoms with Crippen molar-refractivity contribution in [3.63, 3.8) is 0 Å². The average Bonchev–Trinajstić information content (AvgIpc) is 2.98. The fourth-order valence-corrected chi connectivity index (χ4v) is 3.04. The van der Waals surface area contributed by atoms with Crippen LogP contribution in [0.3, 0.4) is 0 Å². The summed E-state index contributed by atoms with van der Waals surface area (Å²) in [7, 11) is 1.56. The number of anilines is 2. The highest BCUT2D eigenvalue weighted by Crippen LogP contribution is 2.32. The van der Waals surface area contributed by atoms with Gasteiger partial charge in [-0.3, -0.25) is 9.59 Å². The molecule has 6 nitrogen and oxygen atoms in total. The molecule has 0 fully saturated rings. The van der Waals surface area contributed by atoms with Gasteiger partial charge in [0.1, 0.15) is 5.69 Å². The van der Waals surface area contributed by atoms with Gasteiger partial charge in [-0.15, -0.1) is 11.3 Å². The van der Waals surface area contributed by atoms with Gasteiger partial charge in [-0.2, -0.15) is 0 Å². The standard InChI is InChI=1S/C16H18Cl2N4O2S/c1-9(2)19-13(23)7-22(3)15(24)12-8-25-16(21-12)20-11-6-4-5-10(17)14(11)18/h4-6,8-9H,7H2,1-3H3,(H,19,23)(H,20,21). The molecule has 0 saturated carbocycles. The summed E-state index contributed by atoms with van der Waals surface area (Å²) in [5, 5.41) is 8.72. The molecule has 0 spiro atoms. The topological polar surface area (TPSA) is 74.3 Å². The Morgan fingerprint density at radius 2 is 2.04 bits per heavy atom. The number of aromatic nitrogens is 1. The number of likely N-dealkylation sites (N-methyl/N-ethyl adjacent to an activating group) is 1. The molecule has 9 heteroatoms. The van der Waals surface area contributed by atoms with Crippen LogP contribution in [0.2, 0.25) is 10.0 Å². The first-order valence-corrected chi connectivity index (χ1v) is 9.13. The number of thiazole rings is 1. The van der Waals surface area contributed by atoms with Crippen LogP contribution in [0.5, 0.6) is 0 Å². The fourth-order valence-electron chi connectivity index (χ4n) is 2.00. The minimum Gasteiger partial charge on any atom is -0.352 e. The Balaban J connectivity index is 2.03. The lowest BCUT2D eigenvalue weighted by atomic mass is 10.3. The van der Waals surface area contributed by atoms with Gasteiger partial charge in [-0.25, -0.2) is 4.98 Å². The van der Waals surface area contributed by atoms with E-state index >= 15 is 0 Å². The second-order valence-corrected chi connectivity index (χ2v) is 7.29. The number of hydrogen-bond donors (Lipinski definition) is 2. The van der Waals surface area contributed by atoms with E-state index in [0.29, 0.717) is 20.9 Å². The maximum atomic E-state index is 12.4. The van der Waals surface area contributed by atoms with E-state index in [1.807, 2.05) is 13.8 Å². The van der Waals surface area contributed by atoms with Crippen molar-refractivity contribution < 1.29 is 9.59 Å². The zero-order valence-electron chi connectivity index (χ0n) is 14.0. The molecule has 0 radical (unpaired) electrons. The summed E-state index contributed by atoms with van der Waals surface area (Å²) < 4.78 is 0. The first-order valence-electron chi connectivity index (χ1n) is 7.49. The Morgan fingerprint density at radius 3 is 2.72 bits per heavy atom. The second kappa shape index (κ2) is 8.51. The van der Waals surface area contributed by atoms with Crippen molar-refractivity contribution in [2.24, 2.45) is 0 Å². The summed E-state index contributed by atoms with van der Waals surface area (Å²) in [4.78, 5) is 29.7. The smallest absolute Gasteiger partial charge is 0.273 e. The van der Waals surface area contributed by atoms with E-state index in [-0.39, 0.29) is 30.1 Å². The van der Waals surface area contributed by atoms with E-state index in [2.05, 4.69) is 15.6 Å². The lowest BCUT2D eigenvalue weighted by molar-refractivity contribution is -0.122. The van der Waals surface area contributed by atoms with Crippen molar-refractivity contribution in [1.82, 2.24) is 15.2 Å². The van der Waals surface area contributed by atoms with E-state index in [1.165, 1.54) is 16.2 Å². The quantitative estimate of drug-likeness (QED) is 0.773. The molecular formula is C16H18Cl2N4O2S. The SMILES string of the molecule is CC(C)NC(=O)CN(C)C(=O)c1csc(Nc2cccc(Cl)c2Cl)n1. The van der Waals surface area contributed by atoms with Gasteiger partial charge in [0.15, 0.2) is 5.13 Å². The summed E-state index contributed by atoms with van der Waals surface area (Å²) in [6.45, 7) is 3.69. The summed E-state index contributed by atoms with van der Waals surface area (Å²) in [6, 6.07) is 5.23. The minimum atomic E-state index is -0.333. The molecule has 25 heavy (non-hydrogen) atoms. The van der Waals surface area contributed by atoms with Crippen LogP contribution in [0.25, 0.3) is 0 Å². The average molecular weight is 401 g/mol. The molecule has 0 saturated heterocycles. The zero-order valence-corrected chi connectivity index (χ0v) is 16.3. The number of nitrogens with one attached hydrogen (secondary N) is 2. The van der Waals surface area contributed by atoms with Gasteiger partial charge in [0.2, 0.25) is 5.91 Å². The van der Waals surface area contributed by atoms with E-state index < -0.39 is 0 Å². The van der Waals surface area contributed by atoms with Crippen LogP contribution in [0.15, 0.2) is 23.6 Å². The zero-order chi connectivity index (χ0) is 18.6. The van der Waals surface area contributed by atoms with Gasteiger partial charge in [0, 0.05) is 18.5 Å². The molecule has 1 heterocycles. The molecule has 0 aliphatic rings. The van der Waals surface area contributed by atoms with Crippen LogP contribution in [0, 0.1) is 0 Å². The number of nitrogens with zero attached hydrogens (tertiary/aromatic N) is 2. The normalized spacial score (nSPS) is 10.6. The number of rotatable bonds is 6. The maximum absolute atomic E-state index is 12.4. The second-order valence-electron chi connectivity index (χ2n) is 5.65. The van der Waals surface area contributed by atoms with Gasteiger partial charge in [-0.05, 0) is 26.0 Å². The Hall–Kier alpha value is -1.83. The van der Waals surface area contributed by atoms with Crippen LogP contribution >= 0.6 is 34.5 Å². The highest BCUT2D eigenvalue weighted by Gasteiger charge is 2.18. The number of carbonyl (C=O) groups excluding carboxylic acids is 2. The van der Waals surface area contributed by atoms with Gasteiger partial charge < -0.3 is 15.5 Å². The molecule has 2 rings (SSSR count). The minimum absolute atomic E-state index is 0.0218. The summed E-state index contributed by atoms with van der Waals surface area (Å²) in [5.41, 5.74) is 0.859. The molecule has 1 aromatic carbocycles. The predicted molar refractivity (Wildman–Crippen MR) is 102 cm³/mol. The number of hydrogen-bond acceptors (Lipinski definition) is 5. The molecule has 0 aliphatic heterocycles. The molecule has 2 aromatic rings. The Kier molecular flexibility index (Phi) is 6.64. The first-order chi connectivity index (χ1) is 11.8. The van der Waals surface area contributed by atoms with Gasteiger partial charge in [0.05, 0.1) is 22.3 Å². The summed E-state index contributed by atoms with van der Waals surface area (Å²) in [6.07, 6.45) is 0. The van der Waals surface area contributed by atoms with Crippen LogP contribution in [0.4, 0.5) is 10.8 Å². The summed E-state index contributed by atoms with van der Waals surface area (Å²) >= 11 is 13.4. The van der Waals surface area contributed by atoms with E-state index in [4.69, 9.17) is 23.2 Å². The molecule has 1 aromatic heterocycles. The monoisotopic (exact) mass is 400 g/mol. The van der Waals surface area contributed by atoms with Crippen molar-refractivity contribution in [2.45, 2.75) is 19.9 Å². The molecule has 0 aliphatic carbocycles. The predicted octanol–water partition coefficient (Wildman–Crippen LogP) is 3.79. The van der Waals surface area contributed by atoms with Crippen LogP contribution in [-0.2, 0) is 4.79 Å². The third kappa shape index (κ3) is 5.32. The number of benzene rings is 1. The van der Waals surface area contributed by atoms with Crippen LogP contribution < -0.4 is 10.6 Å². The number of carbonyl (C=O) groups is 2. The molecule has 2 amide bonds. The van der Waals surface area contributed by atoms with Crippen molar-refractivity contribution in [1.29, 1.82) is 0 Å². The molecule has 0 bridgehead atoms. The molecule has 0 unspecified atom stereocenters.